The lowest BCUT2D eigenvalue weighted by molar-refractivity contribution is -0.149. The van der Waals surface area contributed by atoms with Crippen molar-refractivity contribution in [3.05, 3.63) is 43.1 Å². The number of hydrogen-bond donors (Lipinski definition) is 2. The molecule has 4 rings (SSSR count). The zero-order chi connectivity index (χ0) is 22.0. The maximum atomic E-state index is 12.9. The van der Waals surface area contributed by atoms with Crippen molar-refractivity contribution in [1.82, 2.24) is 15.6 Å². The van der Waals surface area contributed by atoms with E-state index in [1.807, 2.05) is 24.3 Å². The number of carbonyl (C=O) groups is 2. The predicted molar refractivity (Wildman–Crippen MR) is 115 cm³/mol. The van der Waals surface area contributed by atoms with E-state index in [4.69, 9.17) is 14.2 Å². The number of nitrogens with one attached hydrogen (secondary N) is 2. The third-order valence-corrected chi connectivity index (χ3v) is 5.91. The Morgan fingerprint density at radius 3 is 2.94 bits per heavy atom. The van der Waals surface area contributed by atoms with Crippen LogP contribution in [0.2, 0.25) is 0 Å². The summed E-state index contributed by atoms with van der Waals surface area (Å²) in [5.74, 6) is 0.525. The fraction of sp³-hybridized carbons (Fsp3) is 0.435. The zero-order valence-corrected chi connectivity index (χ0v) is 17.7. The summed E-state index contributed by atoms with van der Waals surface area (Å²) in [5, 5.41) is 7.92. The Kier molecular flexibility index (Phi) is 5.82. The molecule has 2 N–H and O–H groups in total. The van der Waals surface area contributed by atoms with Gasteiger partial charge in [0.15, 0.2) is 0 Å². The molecule has 0 bridgehead atoms. The third-order valence-electron chi connectivity index (χ3n) is 5.91. The van der Waals surface area contributed by atoms with Crippen molar-refractivity contribution in [1.29, 1.82) is 0 Å². The molecule has 164 valence electrons. The lowest BCUT2D eigenvalue weighted by Gasteiger charge is -2.20. The summed E-state index contributed by atoms with van der Waals surface area (Å²) >= 11 is 0. The van der Waals surface area contributed by atoms with E-state index < -0.39 is 17.6 Å². The van der Waals surface area contributed by atoms with Crippen LogP contribution in [-0.2, 0) is 14.3 Å². The van der Waals surface area contributed by atoms with Gasteiger partial charge in [-0.15, -0.1) is 6.58 Å². The first kappa shape index (κ1) is 21.1. The Balaban J connectivity index is 1.41. The molecular weight excluding hydrogens is 398 g/mol. The van der Waals surface area contributed by atoms with Gasteiger partial charge in [0.25, 0.3) is 0 Å². The molecule has 4 unspecified atom stereocenters. The minimum absolute atomic E-state index is 0.110. The van der Waals surface area contributed by atoms with Gasteiger partial charge in [0, 0.05) is 30.5 Å². The molecule has 0 radical (unpaired) electrons. The second-order valence-corrected chi connectivity index (χ2v) is 7.87. The van der Waals surface area contributed by atoms with Crippen LogP contribution in [0.3, 0.4) is 0 Å². The van der Waals surface area contributed by atoms with E-state index in [0.717, 1.165) is 16.5 Å². The van der Waals surface area contributed by atoms with E-state index >= 15 is 0 Å². The van der Waals surface area contributed by atoms with Gasteiger partial charge in [-0.2, -0.15) is 0 Å². The number of esters is 1. The number of ether oxygens (including phenoxy) is 3. The summed E-state index contributed by atoms with van der Waals surface area (Å²) in [6.45, 7) is 6.27. The number of benzene rings is 1. The van der Waals surface area contributed by atoms with Crippen molar-refractivity contribution < 1.29 is 23.8 Å². The molecule has 1 saturated carbocycles. The van der Waals surface area contributed by atoms with Gasteiger partial charge in [0.2, 0.25) is 11.8 Å². The van der Waals surface area contributed by atoms with Crippen molar-refractivity contribution in [3.63, 3.8) is 0 Å². The SMILES string of the molecule is C=CC1CC1(NC(=O)C1CC(Oc2nccc3cc(OC)ccc23)CN1)C(=O)OCC. The van der Waals surface area contributed by atoms with Gasteiger partial charge in [-0.25, -0.2) is 9.78 Å². The van der Waals surface area contributed by atoms with Crippen LogP contribution in [0.25, 0.3) is 10.8 Å². The molecule has 8 nitrogen and oxygen atoms in total. The molecule has 2 aliphatic rings. The third kappa shape index (κ3) is 4.07. The number of fused-ring (bicyclic) bond motifs is 1. The molecular formula is C23H27N3O5. The van der Waals surface area contributed by atoms with Gasteiger partial charge in [0.1, 0.15) is 17.4 Å². The number of aromatic nitrogens is 1. The Labute approximate surface area is 181 Å². The standard InChI is InChI=1S/C23H27N3O5/c1-4-15-12-23(15,22(28)30-5-2)26-20(27)19-11-17(13-25-19)31-21-18-7-6-16(29-3)10-14(18)8-9-24-21/h4,6-10,15,17,19,25H,1,5,11-13H2,2-3H3,(H,26,27). The maximum absolute atomic E-state index is 12.9. The quantitative estimate of drug-likeness (QED) is 0.493. The molecule has 1 amide bonds. The van der Waals surface area contributed by atoms with E-state index in [1.54, 1.807) is 26.3 Å². The molecule has 4 atom stereocenters. The molecule has 1 aliphatic carbocycles. The number of nitrogens with zero attached hydrogens (tertiary/aromatic N) is 1. The number of amides is 1. The highest BCUT2D eigenvalue weighted by Gasteiger charge is 2.61. The minimum atomic E-state index is -0.994. The lowest BCUT2D eigenvalue weighted by atomic mass is 10.1. The van der Waals surface area contributed by atoms with Crippen molar-refractivity contribution in [2.45, 2.75) is 37.5 Å². The number of methoxy groups -OCH3 is 1. The fourth-order valence-electron chi connectivity index (χ4n) is 4.07. The lowest BCUT2D eigenvalue weighted by Crippen LogP contribution is -2.51. The summed E-state index contributed by atoms with van der Waals surface area (Å²) in [5.41, 5.74) is -0.994. The second-order valence-electron chi connectivity index (χ2n) is 7.87. The average molecular weight is 425 g/mol. The minimum Gasteiger partial charge on any atom is -0.497 e. The largest absolute Gasteiger partial charge is 0.497 e. The predicted octanol–water partition coefficient (Wildman–Crippen LogP) is 1.98. The summed E-state index contributed by atoms with van der Waals surface area (Å²) in [7, 11) is 1.63. The molecule has 1 aromatic heterocycles. The zero-order valence-electron chi connectivity index (χ0n) is 17.7. The average Bonchev–Trinajstić information content (AvgIpc) is 3.30. The van der Waals surface area contributed by atoms with E-state index in [1.165, 1.54) is 0 Å². The summed E-state index contributed by atoms with van der Waals surface area (Å²) in [6, 6.07) is 7.13. The molecule has 2 heterocycles. The van der Waals surface area contributed by atoms with Gasteiger partial charge in [-0.05, 0) is 43.0 Å². The molecule has 1 saturated heterocycles. The number of pyridine rings is 1. The van der Waals surface area contributed by atoms with E-state index in [-0.39, 0.29) is 24.5 Å². The van der Waals surface area contributed by atoms with Gasteiger partial charge in [-0.1, -0.05) is 6.08 Å². The molecule has 2 fully saturated rings. The van der Waals surface area contributed by atoms with Crippen LogP contribution in [-0.4, -0.2) is 54.8 Å². The van der Waals surface area contributed by atoms with E-state index in [0.29, 0.717) is 25.3 Å². The smallest absolute Gasteiger partial charge is 0.332 e. The number of hydrogen-bond acceptors (Lipinski definition) is 7. The number of carbonyl (C=O) groups excluding carboxylic acids is 2. The first-order valence-corrected chi connectivity index (χ1v) is 10.4. The van der Waals surface area contributed by atoms with Crippen molar-refractivity contribution >= 4 is 22.6 Å². The van der Waals surface area contributed by atoms with Crippen molar-refractivity contribution in [2.24, 2.45) is 5.92 Å². The van der Waals surface area contributed by atoms with Gasteiger partial charge < -0.3 is 24.8 Å². The molecule has 1 aliphatic heterocycles. The number of rotatable bonds is 8. The first-order valence-electron chi connectivity index (χ1n) is 10.4. The Bertz CT molecular complexity index is 1010. The van der Waals surface area contributed by atoms with Crippen LogP contribution < -0.4 is 20.1 Å². The topological polar surface area (TPSA) is 98.8 Å². The van der Waals surface area contributed by atoms with E-state index in [9.17, 15) is 9.59 Å². The van der Waals surface area contributed by atoms with Crippen LogP contribution in [0, 0.1) is 5.92 Å². The van der Waals surface area contributed by atoms with E-state index in [2.05, 4.69) is 22.2 Å². The highest BCUT2D eigenvalue weighted by Crippen LogP contribution is 2.45. The molecule has 1 aromatic carbocycles. The van der Waals surface area contributed by atoms with Crippen LogP contribution in [0.4, 0.5) is 0 Å². The summed E-state index contributed by atoms with van der Waals surface area (Å²) in [6.07, 6.45) is 4.14. The highest BCUT2D eigenvalue weighted by molar-refractivity contribution is 5.93. The molecule has 2 aromatic rings. The van der Waals surface area contributed by atoms with Crippen LogP contribution in [0.5, 0.6) is 11.6 Å². The summed E-state index contributed by atoms with van der Waals surface area (Å²) < 4.78 is 16.5. The monoisotopic (exact) mass is 425 g/mol. The Morgan fingerprint density at radius 2 is 2.23 bits per heavy atom. The van der Waals surface area contributed by atoms with Crippen LogP contribution in [0.15, 0.2) is 43.1 Å². The van der Waals surface area contributed by atoms with Gasteiger partial charge in [-0.3, -0.25) is 4.79 Å². The van der Waals surface area contributed by atoms with Crippen LogP contribution >= 0.6 is 0 Å². The van der Waals surface area contributed by atoms with Crippen molar-refractivity contribution in [2.75, 3.05) is 20.3 Å². The summed E-state index contributed by atoms with van der Waals surface area (Å²) in [4.78, 5) is 29.6. The van der Waals surface area contributed by atoms with Crippen LogP contribution in [0.1, 0.15) is 19.8 Å². The maximum Gasteiger partial charge on any atom is 0.332 e. The highest BCUT2D eigenvalue weighted by atomic mass is 16.5. The van der Waals surface area contributed by atoms with Crippen molar-refractivity contribution in [3.8, 4) is 11.6 Å². The normalized spacial score (nSPS) is 26.8. The van der Waals surface area contributed by atoms with Gasteiger partial charge in [0.05, 0.1) is 19.8 Å². The Hall–Kier alpha value is -3.13. The Morgan fingerprint density at radius 1 is 1.39 bits per heavy atom. The molecule has 31 heavy (non-hydrogen) atoms. The second kappa shape index (κ2) is 8.55. The molecule has 8 heteroatoms. The molecule has 0 spiro atoms. The first-order chi connectivity index (χ1) is 15.0. The van der Waals surface area contributed by atoms with Gasteiger partial charge >= 0.3 is 5.97 Å². The fourth-order valence-corrected chi connectivity index (χ4v) is 4.07.